The minimum atomic E-state index is -0.494. The monoisotopic (exact) mass is 384 g/mol. The van der Waals surface area contributed by atoms with Crippen LogP contribution in [-0.2, 0) is 0 Å². The highest BCUT2D eigenvalue weighted by molar-refractivity contribution is 5.94. The van der Waals surface area contributed by atoms with Crippen molar-refractivity contribution in [3.05, 3.63) is 0 Å². The SMILES string of the molecule is CCCNc1nc(NCC)c2nc(NC[C@@H](C)O)nc(NCC)c2n1.Cl. The smallest absolute Gasteiger partial charge is 0.225 e. The Morgan fingerprint density at radius 1 is 0.808 bits per heavy atom. The van der Waals surface area contributed by atoms with Gasteiger partial charge in [0.05, 0.1) is 6.10 Å². The van der Waals surface area contributed by atoms with Crippen LogP contribution < -0.4 is 21.3 Å². The van der Waals surface area contributed by atoms with Crippen LogP contribution in [0.5, 0.6) is 0 Å². The maximum atomic E-state index is 9.48. The van der Waals surface area contributed by atoms with E-state index in [-0.39, 0.29) is 12.4 Å². The molecule has 0 radical (unpaired) electrons. The second-order valence-corrected chi connectivity index (χ2v) is 5.71. The summed E-state index contributed by atoms with van der Waals surface area (Å²) in [6, 6.07) is 0. The minimum Gasteiger partial charge on any atom is -0.392 e. The van der Waals surface area contributed by atoms with Crippen molar-refractivity contribution in [3.63, 3.8) is 0 Å². The van der Waals surface area contributed by atoms with E-state index in [9.17, 15) is 5.11 Å². The normalized spacial score (nSPS) is 11.6. The second kappa shape index (κ2) is 10.8. The van der Waals surface area contributed by atoms with Crippen molar-refractivity contribution in [3.8, 4) is 0 Å². The minimum absolute atomic E-state index is 0. The van der Waals surface area contributed by atoms with E-state index in [0.717, 1.165) is 19.5 Å². The molecule has 0 aromatic carbocycles. The van der Waals surface area contributed by atoms with E-state index in [2.05, 4.69) is 48.1 Å². The van der Waals surface area contributed by atoms with Gasteiger partial charge in [-0.2, -0.15) is 9.97 Å². The van der Waals surface area contributed by atoms with Gasteiger partial charge in [0.25, 0.3) is 0 Å². The van der Waals surface area contributed by atoms with E-state index >= 15 is 0 Å². The fraction of sp³-hybridized carbons (Fsp3) is 0.625. The van der Waals surface area contributed by atoms with Crippen LogP contribution in [0.1, 0.15) is 34.1 Å². The predicted octanol–water partition coefficient (Wildman–Crippen LogP) is 2.32. The first-order valence-corrected chi connectivity index (χ1v) is 8.82. The van der Waals surface area contributed by atoms with Crippen LogP contribution in [0.25, 0.3) is 11.0 Å². The van der Waals surface area contributed by atoms with Gasteiger partial charge in [0.2, 0.25) is 11.9 Å². The van der Waals surface area contributed by atoms with Crippen LogP contribution in [0, 0.1) is 0 Å². The Morgan fingerprint density at radius 2 is 1.31 bits per heavy atom. The van der Waals surface area contributed by atoms with Crippen LogP contribution in [-0.4, -0.2) is 57.3 Å². The molecule has 0 bridgehead atoms. The number of aliphatic hydroxyl groups is 1. The van der Waals surface area contributed by atoms with E-state index in [1.54, 1.807) is 6.92 Å². The largest absolute Gasteiger partial charge is 0.392 e. The number of fused-ring (bicyclic) bond motifs is 1. The Labute approximate surface area is 160 Å². The lowest BCUT2D eigenvalue weighted by Crippen LogP contribution is -2.18. The second-order valence-electron chi connectivity index (χ2n) is 5.71. The summed E-state index contributed by atoms with van der Waals surface area (Å²) in [5.74, 6) is 2.29. The van der Waals surface area contributed by atoms with Gasteiger partial charge in [0.1, 0.15) is 11.0 Å². The fourth-order valence-electron chi connectivity index (χ4n) is 2.23. The average Bonchev–Trinajstić information content (AvgIpc) is 2.59. The number of aliphatic hydroxyl groups excluding tert-OH is 1. The molecular weight excluding hydrogens is 356 g/mol. The molecule has 0 saturated heterocycles. The molecule has 2 aromatic rings. The number of rotatable bonds is 10. The van der Waals surface area contributed by atoms with Crippen LogP contribution in [0.15, 0.2) is 0 Å². The Hall–Kier alpha value is -2.13. The summed E-state index contributed by atoms with van der Waals surface area (Å²) in [4.78, 5) is 18.2. The zero-order valence-electron chi connectivity index (χ0n) is 15.8. The Kier molecular flexibility index (Phi) is 9.08. The molecule has 0 fully saturated rings. The third kappa shape index (κ3) is 5.70. The van der Waals surface area contributed by atoms with Gasteiger partial charge in [-0.1, -0.05) is 6.92 Å². The number of hydrogen-bond acceptors (Lipinski definition) is 9. The highest BCUT2D eigenvalue weighted by Gasteiger charge is 2.15. The first kappa shape index (κ1) is 21.9. The van der Waals surface area contributed by atoms with E-state index in [4.69, 9.17) is 0 Å². The van der Waals surface area contributed by atoms with Crippen molar-refractivity contribution in [2.45, 2.75) is 40.2 Å². The molecule has 5 N–H and O–H groups in total. The molecular formula is C16H29ClN8O. The Bertz CT molecular complexity index is 697. The number of halogens is 1. The van der Waals surface area contributed by atoms with Gasteiger partial charge >= 0.3 is 0 Å². The molecule has 0 unspecified atom stereocenters. The summed E-state index contributed by atoms with van der Waals surface area (Å²) < 4.78 is 0. The quantitative estimate of drug-likeness (QED) is 0.420. The first-order chi connectivity index (χ1) is 12.1. The molecule has 146 valence electrons. The molecule has 1 atom stereocenters. The average molecular weight is 385 g/mol. The molecule has 2 rings (SSSR count). The van der Waals surface area contributed by atoms with E-state index in [0.29, 0.717) is 47.7 Å². The first-order valence-electron chi connectivity index (χ1n) is 8.82. The Morgan fingerprint density at radius 3 is 1.73 bits per heavy atom. The zero-order valence-corrected chi connectivity index (χ0v) is 16.6. The van der Waals surface area contributed by atoms with Crippen LogP contribution in [0.2, 0.25) is 0 Å². The van der Waals surface area contributed by atoms with Crippen LogP contribution >= 0.6 is 12.4 Å². The molecule has 0 aliphatic carbocycles. The number of aromatic nitrogens is 4. The van der Waals surface area contributed by atoms with Crippen molar-refractivity contribution in [1.29, 1.82) is 0 Å². The highest BCUT2D eigenvalue weighted by atomic mass is 35.5. The topological polar surface area (TPSA) is 120 Å². The van der Waals surface area contributed by atoms with Crippen molar-refractivity contribution < 1.29 is 5.11 Å². The molecule has 10 heteroatoms. The van der Waals surface area contributed by atoms with Gasteiger partial charge in [-0.15, -0.1) is 12.4 Å². The standard InChI is InChI=1S/C16H28N8O.ClH/c1-5-8-19-15-21-11-12(13(23-15)17-6-2)22-16(20-9-10(4)25)24-14(11)18-7-3;/h10,25H,5-9H2,1-4H3,(H2,17,19,21,23)(H2,18,20,22,24);1H/t10-;/m1./s1. The molecule has 0 amide bonds. The summed E-state index contributed by atoms with van der Waals surface area (Å²) in [6.45, 7) is 10.4. The molecule has 0 aliphatic rings. The molecule has 2 aromatic heterocycles. The molecule has 26 heavy (non-hydrogen) atoms. The van der Waals surface area contributed by atoms with Gasteiger partial charge in [-0.05, 0) is 27.2 Å². The van der Waals surface area contributed by atoms with Crippen molar-refractivity contribution >= 4 is 47.0 Å². The highest BCUT2D eigenvalue weighted by Crippen LogP contribution is 2.26. The predicted molar refractivity (Wildman–Crippen MR) is 110 cm³/mol. The number of hydrogen-bond donors (Lipinski definition) is 5. The van der Waals surface area contributed by atoms with Gasteiger partial charge in [-0.3, -0.25) is 0 Å². The van der Waals surface area contributed by atoms with Crippen LogP contribution in [0.4, 0.5) is 23.5 Å². The summed E-state index contributed by atoms with van der Waals surface area (Å²) in [6.07, 6.45) is 0.489. The lowest BCUT2D eigenvalue weighted by molar-refractivity contribution is 0.208. The van der Waals surface area contributed by atoms with Crippen molar-refractivity contribution in [2.75, 3.05) is 47.4 Å². The third-order valence-electron chi connectivity index (χ3n) is 3.32. The lowest BCUT2D eigenvalue weighted by Gasteiger charge is -2.14. The summed E-state index contributed by atoms with van der Waals surface area (Å²) in [5, 5.41) is 22.2. The summed E-state index contributed by atoms with van der Waals surface area (Å²) in [7, 11) is 0. The lowest BCUT2D eigenvalue weighted by atomic mass is 10.3. The maximum absolute atomic E-state index is 9.48. The molecule has 0 spiro atoms. The van der Waals surface area contributed by atoms with E-state index < -0.39 is 6.10 Å². The molecule has 2 heterocycles. The van der Waals surface area contributed by atoms with E-state index in [1.165, 1.54) is 0 Å². The Balaban J connectivity index is 0.00000338. The maximum Gasteiger partial charge on any atom is 0.225 e. The molecule has 0 aliphatic heterocycles. The van der Waals surface area contributed by atoms with Crippen molar-refractivity contribution in [1.82, 2.24) is 19.9 Å². The summed E-state index contributed by atoms with van der Waals surface area (Å²) >= 11 is 0. The van der Waals surface area contributed by atoms with Crippen molar-refractivity contribution in [2.24, 2.45) is 0 Å². The number of anilines is 4. The number of nitrogens with zero attached hydrogens (tertiary/aromatic N) is 4. The van der Waals surface area contributed by atoms with Crippen LogP contribution in [0.3, 0.4) is 0 Å². The van der Waals surface area contributed by atoms with Gasteiger partial charge < -0.3 is 26.4 Å². The molecule has 9 nitrogen and oxygen atoms in total. The number of nitrogens with one attached hydrogen (secondary N) is 4. The zero-order chi connectivity index (χ0) is 18.2. The third-order valence-corrected chi connectivity index (χ3v) is 3.32. The fourth-order valence-corrected chi connectivity index (χ4v) is 2.23. The summed E-state index contributed by atoms with van der Waals surface area (Å²) in [5.41, 5.74) is 1.30. The van der Waals surface area contributed by atoms with Gasteiger partial charge in [-0.25, -0.2) is 9.97 Å². The van der Waals surface area contributed by atoms with Gasteiger partial charge in [0.15, 0.2) is 11.6 Å². The molecule has 0 saturated carbocycles. The van der Waals surface area contributed by atoms with Gasteiger partial charge in [0, 0.05) is 26.2 Å². The van der Waals surface area contributed by atoms with E-state index in [1.807, 2.05) is 13.8 Å².